The van der Waals surface area contributed by atoms with E-state index in [-0.39, 0.29) is 11.6 Å². The maximum absolute atomic E-state index is 11.2. The van der Waals surface area contributed by atoms with E-state index in [9.17, 15) is 9.59 Å². The second-order valence-electron chi connectivity index (χ2n) is 6.91. The normalized spacial score (nSPS) is 14.9. The molecule has 0 amide bonds. The third kappa shape index (κ3) is 3.43. The molecule has 0 saturated carbocycles. The molecule has 0 aromatic heterocycles. The van der Waals surface area contributed by atoms with Crippen LogP contribution in [0, 0.1) is 41.5 Å². The van der Waals surface area contributed by atoms with Crippen molar-refractivity contribution >= 4 is 11.6 Å². The Morgan fingerprint density at radius 2 is 0.500 bits per heavy atom. The van der Waals surface area contributed by atoms with Gasteiger partial charge in [0.2, 0.25) is 11.6 Å². The number of ketones is 2. The predicted octanol–water partition coefficient (Wildman–Crippen LogP) is 5.35. The summed E-state index contributed by atoms with van der Waals surface area (Å²) in [7, 11) is 0. The van der Waals surface area contributed by atoms with Crippen LogP contribution in [0.5, 0.6) is 0 Å². The summed E-state index contributed by atoms with van der Waals surface area (Å²) in [4.78, 5) is 22.5. The first kappa shape index (κ1) is 20.1. The van der Waals surface area contributed by atoms with Gasteiger partial charge in [-0.05, 0) is 114 Å². The van der Waals surface area contributed by atoms with Gasteiger partial charge in [-0.1, -0.05) is 0 Å². The van der Waals surface area contributed by atoms with Gasteiger partial charge in [0, 0.05) is 11.1 Å². The van der Waals surface area contributed by atoms with E-state index < -0.39 is 0 Å². The Kier molecular flexibility index (Phi) is 6.10. The number of benzene rings is 1. The molecule has 0 N–H and O–H groups in total. The zero-order valence-electron chi connectivity index (χ0n) is 16.8. The van der Waals surface area contributed by atoms with E-state index in [4.69, 9.17) is 0 Å². The van der Waals surface area contributed by atoms with Crippen LogP contribution in [-0.4, -0.2) is 11.6 Å². The van der Waals surface area contributed by atoms with Gasteiger partial charge in [-0.2, -0.15) is 0 Å². The molecular formula is C22H30O2. The molecule has 0 fully saturated rings. The average Bonchev–Trinajstić information content (AvgIpc) is 2.58. The van der Waals surface area contributed by atoms with E-state index in [0.29, 0.717) is 11.1 Å². The Bertz CT molecular complexity index is 632. The van der Waals surface area contributed by atoms with Gasteiger partial charge < -0.3 is 0 Å². The lowest BCUT2D eigenvalue weighted by Crippen LogP contribution is -2.22. The zero-order chi connectivity index (χ0) is 18.9. The first-order chi connectivity index (χ1) is 10.9. The highest BCUT2D eigenvalue weighted by molar-refractivity contribution is 6.50. The first-order valence-electron chi connectivity index (χ1n) is 8.41. The number of carbonyl (C=O) groups is 2. The summed E-state index contributed by atoms with van der Waals surface area (Å²) in [5.41, 5.74) is 11.8. The molecule has 0 spiro atoms. The fourth-order valence-corrected chi connectivity index (χ4v) is 2.93. The fourth-order valence-electron chi connectivity index (χ4n) is 2.93. The molecule has 1 aromatic rings. The Morgan fingerprint density at radius 1 is 0.333 bits per heavy atom. The second kappa shape index (κ2) is 7.29. The predicted molar refractivity (Wildman–Crippen MR) is 102 cm³/mol. The molecule has 1 aliphatic carbocycles. The van der Waals surface area contributed by atoms with Gasteiger partial charge in [0.1, 0.15) is 0 Å². The Labute approximate surface area is 146 Å². The summed E-state index contributed by atoms with van der Waals surface area (Å²) in [5.74, 6) is -0.703. The van der Waals surface area contributed by atoms with Crippen LogP contribution in [0.15, 0.2) is 22.3 Å². The largest absolute Gasteiger partial charge is 0.285 e. The van der Waals surface area contributed by atoms with Crippen molar-refractivity contribution in [2.24, 2.45) is 0 Å². The number of allylic oxidation sites excluding steroid dienone is 4. The highest BCUT2D eigenvalue weighted by atomic mass is 16.2. The van der Waals surface area contributed by atoms with Gasteiger partial charge in [-0.15, -0.1) is 0 Å². The minimum absolute atomic E-state index is 0.351. The van der Waals surface area contributed by atoms with Crippen molar-refractivity contribution in [3.8, 4) is 0 Å². The number of hydrogen-bond acceptors (Lipinski definition) is 2. The maximum Gasteiger partial charge on any atom is 0.229 e. The summed E-state index contributed by atoms with van der Waals surface area (Å²) in [6, 6.07) is 0. The summed E-state index contributed by atoms with van der Waals surface area (Å²) < 4.78 is 0. The van der Waals surface area contributed by atoms with Crippen molar-refractivity contribution in [1.29, 1.82) is 0 Å². The van der Waals surface area contributed by atoms with Crippen LogP contribution in [0.25, 0.3) is 0 Å². The minimum Gasteiger partial charge on any atom is -0.285 e. The van der Waals surface area contributed by atoms with Crippen molar-refractivity contribution in [3.05, 3.63) is 55.7 Å². The second-order valence-corrected chi connectivity index (χ2v) is 6.91. The maximum atomic E-state index is 11.2. The summed E-state index contributed by atoms with van der Waals surface area (Å²) in [5, 5.41) is 0. The van der Waals surface area contributed by atoms with Crippen LogP contribution in [0.4, 0.5) is 0 Å². The summed E-state index contributed by atoms with van der Waals surface area (Å²) in [6.07, 6.45) is 0. The van der Waals surface area contributed by atoms with Crippen LogP contribution in [-0.2, 0) is 9.59 Å². The van der Waals surface area contributed by atoms with Crippen LogP contribution in [0.3, 0.4) is 0 Å². The molecule has 0 aliphatic heterocycles. The van der Waals surface area contributed by atoms with Gasteiger partial charge in [0.15, 0.2) is 0 Å². The average molecular weight is 326 g/mol. The molecule has 0 unspecified atom stereocenters. The van der Waals surface area contributed by atoms with Gasteiger partial charge in [0.05, 0.1) is 0 Å². The summed E-state index contributed by atoms with van der Waals surface area (Å²) >= 11 is 0. The molecule has 130 valence electrons. The Hall–Kier alpha value is -1.96. The standard InChI is InChI=1S/C12H18.C10H12O2/c1-7-8(2)10(4)12(6)11(5)9(7)3;1-5-6(2)8(4)10(12)9(11)7(5)3/h1-6H3;1-4H3. The molecule has 0 bridgehead atoms. The lowest BCUT2D eigenvalue weighted by Gasteiger charge is -2.15. The van der Waals surface area contributed by atoms with Gasteiger partial charge in [-0.3, -0.25) is 9.59 Å². The molecule has 2 heteroatoms. The molecule has 0 saturated heterocycles. The van der Waals surface area contributed by atoms with Crippen molar-refractivity contribution < 1.29 is 9.59 Å². The van der Waals surface area contributed by atoms with E-state index in [1.54, 1.807) is 13.8 Å². The highest BCUT2D eigenvalue weighted by Gasteiger charge is 2.25. The van der Waals surface area contributed by atoms with E-state index in [0.717, 1.165) is 11.1 Å². The number of carbonyl (C=O) groups excluding carboxylic acids is 2. The lowest BCUT2D eigenvalue weighted by atomic mass is 9.87. The molecule has 0 heterocycles. The molecule has 0 atom stereocenters. The van der Waals surface area contributed by atoms with Crippen LogP contribution >= 0.6 is 0 Å². The molecule has 0 radical (unpaired) electrons. The number of hydrogen-bond donors (Lipinski definition) is 0. The smallest absolute Gasteiger partial charge is 0.229 e. The van der Waals surface area contributed by atoms with E-state index in [1.807, 2.05) is 13.8 Å². The number of Topliss-reactive ketones (excluding diaryl/α,β-unsaturated/α-hetero) is 2. The van der Waals surface area contributed by atoms with Crippen molar-refractivity contribution in [1.82, 2.24) is 0 Å². The van der Waals surface area contributed by atoms with Crippen molar-refractivity contribution in [3.63, 3.8) is 0 Å². The first-order valence-corrected chi connectivity index (χ1v) is 8.41. The highest BCUT2D eigenvalue weighted by Crippen LogP contribution is 2.25. The SMILES string of the molecule is CC1=C(C)C(C)=C(C)C(=O)C1=O.Cc1c(C)c(C)c(C)c(C)c1C. The third-order valence-electron chi connectivity index (χ3n) is 5.95. The van der Waals surface area contributed by atoms with Crippen LogP contribution < -0.4 is 0 Å². The topological polar surface area (TPSA) is 34.1 Å². The summed E-state index contributed by atoms with van der Waals surface area (Å²) in [6.45, 7) is 20.4. The minimum atomic E-state index is -0.351. The van der Waals surface area contributed by atoms with E-state index in [2.05, 4.69) is 41.5 Å². The van der Waals surface area contributed by atoms with Crippen LogP contribution in [0.2, 0.25) is 0 Å². The van der Waals surface area contributed by atoms with Crippen LogP contribution in [0.1, 0.15) is 61.1 Å². The molecule has 2 nitrogen and oxygen atoms in total. The van der Waals surface area contributed by atoms with Crippen molar-refractivity contribution in [2.75, 3.05) is 0 Å². The Balaban J connectivity index is 0.000000240. The molecule has 1 aliphatic rings. The van der Waals surface area contributed by atoms with Gasteiger partial charge in [0.25, 0.3) is 0 Å². The van der Waals surface area contributed by atoms with Crippen molar-refractivity contribution in [2.45, 2.75) is 69.2 Å². The molecule has 1 aromatic carbocycles. The molecule has 24 heavy (non-hydrogen) atoms. The van der Waals surface area contributed by atoms with E-state index in [1.165, 1.54) is 33.4 Å². The fraction of sp³-hybridized carbons (Fsp3) is 0.455. The third-order valence-corrected chi connectivity index (χ3v) is 5.95. The van der Waals surface area contributed by atoms with Gasteiger partial charge >= 0.3 is 0 Å². The van der Waals surface area contributed by atoms with Gasteiger partial charge in [-0.25, -0.2) is 0 Å². The Morgan fingerprint density at radius 3 is 0.667 bits per heavy atom. The monoisotopic (exact) mass is 326 g/mol. The van der Waals surface area contributed by atoms with E-state index >= 15 is 0 Å². The quantitative estimate of drug-likeness (QED) is 0.476. The molecule has 2 rings (SSSR count). The zero-order valence-corrected chi connectivity index (χ0v) is 16.8. The molecular weight excluding hydrogens is 296 g/mol. The number of rotatable bonds is 0. The lowest BCUT2D eigenvalue weighted by molar-refractivity contribution is -0.132.